The third-order valence-electron chi connectivity index (χ3n) is 1.77. The van der Waals surface area contributed by atoms with Crippen LogP contribution in [0.15, 0.2) is 11.8 Å². The summed E-state index contributed by atoms with van der Waals surface area (Å²) >= 11 is 0. The zero-order valence-electron chi connectivity index (χ0n) is 6.07. The second kappa shape index (κ2) is 2.46. The van der Waals surface area contributed by atoms with Gasteiger partial charge in [0.1, 0.15) is 6.10 Å². The third-order valence-corrected chi connectivity index (χ3v) is 1.77. The molecule has 8 N–H and O–H groups in total. The summed E-state index contributed by atoms with van der Waals surface area (Å²) in [6, 6.07) is -0.588. The monoisotopic (exact) mass is 159 g/mol. The van der Waals surface area contributed by atoms with E-state index in [4.69, 9.17) is 17.2 Å². The maximum absolute atomic E-state index is 9.28. The van der Waals surface area contributed by atoms with Gasteiger partial charge in [-0.3, -0.25) is 5.73 Å². The summed E-state index contributed by atoms with van der Waals surface area (Å²) in [4.78, 5) is 0. The molecule has 0 aromatic carbocycles. The topological polar surface area (TPSA) is 119 Å². The molecule has 1 aliphatic rings. The summed E-state index contributed by atoms with van der Waals surface area (Å²) in [6.45, 7) is 0. The van der Waals surface area contributed by atoms with Gasteiger partial charge in [0, 0.05) is 18.2 Å². The Bertz CT molecular complexity index is 190. The van der Waals surface area contributed by atoms with Crippen molar-refractivity contribution < 1.29 is 10.2 Å². The molecule has 0 spiro atoms. The zero-order valence-corrected chi connectivity index (χ0v) is 6.07. The minimum atomic E-state index is -1.78. The summed E-state index contributed by atoms with van der Waals surface area (Å²) < 4.78 is 0. The molecule has 1 rings (SSSR count). The van der Waals surface area contributed by atoms with Gasteiger partial charge in [-0.1, -0.05) is 0 Å². The standard InChI is InChI=1S/C6H13N3O2/c7-3-1-4(8)5(10)6(9,11)2-3/h2,4-5,10-11H,1,7-9H2. The fraction of sp³-hybridized carbons (Fsp3) is 0.667. The summed E-state index contributed by atoms with van der Waals surface area (Å²) in [7, 11) is 0. The molecular formula is C6H13N3O2. The second-order valence-corrected chi connectivity index (χ2v) is 2.92. The van der Waals surface area contributed by atoms with E-state index in [1.165, 1.54) is 6.08 Å². The molecule has 0 radical (unpaired) electrons. The molecule has 1 aliphatic carbocycles. The lowest BCUT2D eigenvalue weighted by Gasteiger charge is -2.34. The van der Waals surface area contributed by atoms with Gasteiger partial charge in [0.05, 0.1) is 0 Å². The van der Waals surface area contributed by atoms with Crippen LogP contribution in [0.3, 0.4) is 0 Å². The molecule has 0 saturated carbocycles. The molecule has 0 aromatic rings. The first kappa shape index (κ1) is 8.48. The van der Waals surface area contributed by atoms with Crippen molar-refractivity contribution in [2.45, 2.75) is 24.3 Å². The van der Waals surface area contributed by atoms with Crippen LogP contribution in [-0.2, 0) is 0 Å². The second-order valence-electron chi connectivity index (χ2n) is 2.92. The van der Waals surface area contributed by atoms with E-state index in [1.54, 1.807) is 0 Å². The van der Waals surface area contributed by atoms with E-state index < -0.39 is 17.9 Å². The Hall–Kier alpha value is -0.620. The first-order valence-electron chi connectivity index (χ1n) is 3.35. The van der Waals surface area contributed by atoms with Crippen LogP contribution in [0.5, 0.6) is 0 Å². The normalized spacial score (nSPS) is 45.3. The molecule has 64 valence electrons. The van der Waals surface area contributed by atoms with Gasteiger partial charge in [-0.15, -0.1) is 0 Å². The van der Waals surface area contributed by atoms with Crippen LogP contribution in [0.4, 0.5) is 0 Å². The molecule has 11 heavy (non-hydrogen) atoms. The number of nitrogens with two attached hydrogens (primary N) is 3. The van der Waals surface area contributed by atoms with Crippen LogP contribution >= 0.6 is 0 Å². The Morgan fingerprint density at radius 2 is 2.18 bits per heavy atom. The van der Waals surface area contributed by atoms with Crippen LogP contribution in [0.1, 0.15) is 6.42 Å². The molecule has 0 aromatic heterocycles. The highest BCUT2D eigenvalue weighted by Crippen LogP contribution is 2.19. The van der Waals surface area contributed by atoms with Crippen molar-refractivity contribution in [1.82, 2.24) is 0 Å². The van der Waals surface area contributed by atoms with Crippen molar-refractivity contribution in [2.24, 2.45) is 17.2 Å². The molecule has 5 nitrogen and oxygen atoms in total. The van der Waals surface area contributed by atoms with Crippen LogP contribution in [-0.4, -0.2) is 28.1 Å². The summed E-state index contributed by atoms with van der Waals surface area (Å²) in [5.74, 6) is 0. The molecule has 0 saturated heterocycles. The van der Waals surface area contributed by atoms with Crippen molar-refractivity contribution in [3.8, 4) is 0 Å². The maximum atomic E-state index is 9.28. The molecule has 3 atom stereocenters. The van der Waals surface area contributed by atoms with Crippen molar-refractivity contribution in [3.63, 3.8) is 0 Å². The zero-order chi connectivity index (χ0) is 8.65. The Balaban J connectivity index is 2.88. The number of hydrogen-bond acceptors (Lipinski definition) is 5. The largest absolute Gasteiger partial charge is 0.402 e. The van der Waals surface area contributed by atoms with E-state index in [2.05, 4.69) is 0 Å². The highest BCUT2D eigenvalue weighted by Gasteiger charge is 2.37. The molecule has 0 aliphatic heterocycles. The lowest BCUT2D eigenvalue weighted by Crippen LogP contribution is -2.60. The molecule has 0 heterocycles. The number of aliphatic hydroxyl groups excluding tert-OH is 1. The molecule has 0 amide bonds. The molecule has 0 bridgehead atoms. The average Bonchev–Trinajstić information content (AvgIpc) is 1.81. The van der Waals surface area contributed by atoms with Crippen LogP contribution in [0, 0.1) is 0 Å². The fourth-order valence-corrected chi connectivity index (χ4v) is 1.17. The first-order valence-corrected chi connectivity index (χ1v) is 3.35. The summed E-state index contributed by atoms with van der Waals surface area (Å²) in [5, 5.41) is 18.5. The van der Waals surface area contributed by atoms with Crippen LogP contribution in [0.2, 0.25) is 0 Å². The first-order chi connectivity index (χ1) is 4.93. The van der Waals surface area contributed by atoms with Gasteiger partial charge >= 0.3 is 0 Å². The van der Waals surface area contributed by atoms with E-state index in [0.29, 0.717) is 12.1 Å². The molecule has 5 heteroatoms. The molecule has 3 unspecified atom stereocenters. The van der Waals surface area contributed by atoms with Gasteiger partial charge in [0.25, 0.3) is 0 Å². The smallest absolute Gasteiger partial charge is 0.162 e. The molecular weight excluding hydrogens is 146 g/mol. The predicted octanol–water partition coefficient (Wildman–Crippen LogP) is -2.43. The lowest BCUT2D eigenvalue weighted by atomic mass is 9.90. The summed E-state index contributed by atoms with van der Waals surface area (Å²) in [6.07, 6.45) is 0.441. The number of rotatable bonds is 0. The third kappa shape index (κ3) is 1.51. The number of aliphatic hydroxyl groups is 2. The Morgan fingerprint density at radius 1 is 1.64 bits per heavy atom. The van der Waals surface area contributed by atoms with Crippen molar-refractivity contribution in [2.75, 3.05) is 0 Å². The number of hydrogen-bond donors (Lipinski definition) is 5. The lowest BCUT2D eigenvalue weighted by molar-refractivity contribution is -0.0536. The highest BCUT2D eigenvalue weighted by molar-refractivity contribution is 5.17. The van der Waals surface area contributed by atoms with Crippen molar-refractivity contribution in [3.05, 3.63) is 11.8 Å². The predicted molar refractivity (Wildman–Crippen MR) is 40.0 cm³/mol. The van der Waals surface area contributed by atoms with Gasteiger partial charge in [-0.05, 0) is 6.08 Å². The van der Waals surface area contributed by atoms with Crippen LogP contribution < -0.4 is 17.2 Å². The van der Waals surface area contributed by atoms with E-state index in [9.17, 15) is 10.2 Å². The summed E-state index contributed by atoms with van der Waals surface area (Å²) in [5.41, 5.74) is 14.7. The SMILES string of the molecule is NC1=CC(N)(O)C(O)C(N)C1. The average molecular weight is 159 g/mol. The van der Waals surface area contributed by atoms with E-state index >= 15 is 0 Å². The van der Waals surface area contributed by atoms with Crippen LogP contribution in [0.25, 0.3) is 0 Å². The molecule has 0 fully saturated rings. The van der Waals surface area contributed by atoms with Gasteiger partial charge in [0.2, 0.25) is 0 Å². The minimum Gasteiger partial charge on any atom is -0.402 e. The van der Waals surface area contributed by atoms with Gasteiger partial charge < -0.3 is 21.7 Å². The minimum absolute atomic E-state index is 0.362. The fourth-order valence-electron chi connectivity index (χ4n) is 1.17. The van der Waals surface area contributed by atoms with Gasteiger partial charge in [-0.2, -0.15) is 0 Å². The van der Waals surface area contributed by atoms with E-state index in [1.807, 2.05) is 0 Å². The van der Waals surface area contributed by atoms with E-state index in [-0.39, 0.29) is 0 Å². The van der Waals surface area contributed by atoms with Crippen molar-refractivity contribution >= 4 is 0 Å². The van der Waals surface area contributed by atoms with Crippen molar-refractivity contribution in [1.29, 1.82) is 0 Å². The van der Waals surface area contributed by atoms with Gasteiger partial charge in [0.15, 0.2) is 5.72 Å². The maximum Gasteiger partial charge on any atom is 0.162 e. The Morgan fingerprint density at radius 3 is 2.64 bits per heavy atom. The Labute approximate surface area is 64.5 Å². The quantitative estimate of drug-likeness (QED) is 0.252. The Kier molecular flexibility index (Phi) is 1.89. The van der Waals surface area contributed by atoms with Gasteiger partial charge in [-0.25, -0.2) is 0 Å². The highest BCUT2D eigenvalue weighted by atomic mass is 16.4. The van der Waals surface area contributed by atoms with E-state index in [0.717, 1.165) is 0 Å².